The number of rotatable bonds is 4. The maximum atomic E-state index is 12.6. The number of hydrogen-bond acceptors (Lipinski definition) is 5. The maximum absolute atomic E-state index is 12.6. The minimum atomic E-state index is -0.724. The molecule has 21 heavy (non-hydrogen) atoms. The van der Waals surface area contributed by atoms with E-state index in [4.69, 9.17) is 0 Å². The Morgan fingerprint density at radius 1 is 1.33 bits per heavy atom. The number of aryl methyl sites for hydroxylation is 1. The van der Waals surface area contributed by atoms with Crippen molar-refractivity contribution in [3.05, 3.63) is 12.2 Å². The first-order valence-electron chi connectivity index (χ1n) is 7.38. The van der Waals surface area contributed by atoms with Crippen LogP contribution in [-0.4, -0.2) is 50.2 Å². The highest BCUT2D eigenvalue weighted by atomic mass is 16.2. The number of piperidine rings is 1. The van der Waals surface area contributed by atoms with Gasteiger partial charge in [0.1, 0.15) is 17.7 Å². The average Bonchev–Trinajstić information content (AvgIpc) is 3.00. The third-order valence-electron chi connectivity index (χ3n) is 4.13. The molecule has 2 N–H and O–H groups in total. The van der Waals surface area contributed by atoms with Gasteiger partial charge in [0.15, 0.2) is 0 Å². The van der Waals surface area contributed by atoms with E-state index in [9.17, 15) is 9.59 Å². The summed E-state index contributed by atoms with van der Waals surface area (Å²) in [4.78, 5) is 30.2. The number of carbonyl (C=O) groups excluding carboxylic acids is 2. The molecule has 8 heteroatoms. The fraction of sp³-hybridized carbons (Fsp3) is 0.692. The summed E-state index contributed by atoms with van der Waals surface area (Å²) >= 11 is 0. The Labute approximate surface area is 122 Å². The molecule has 3 amide bonds. The van der Waals surface area contributed by atoms with E-state index in [1.54, 1.807) is 4.68 Å². The first-order valence-corrected chi connectivity index (χ1v) is 7.38. The molecule has 0 radical (unpaired) electrons. The van der Waals surface area contributed by atoms with Gasteiger partial charge in [-0.15, -0.1) is 0 Å². The lowest BCUT2D eigenvalue weighted by Gasteiger charge is -2.31. The van der Waals surface area contributed by atoms with Gasteiger partial charge in [-0.05, 0) is 32.4 Å². The largest absolute Gasteiger partial charge is 0.325 e. The van der Waals surface area contributed by atoms with Crippen molar-refractivity contribution < 1.29 is 9.59 Å². The molecule has 1 aromatic heterocycles. The molecule has 0 saturated carbocycles. The van der Waals surface area contributed by atoms with E-state index in [0.29, 0.717) is 18.7 Å². The molecule has 1 spiro atoms. The molecule has 114 valence electrons. The van der Waals surface area contributed by atoms with Crippen molar-refractivity contribution in [2.75, 3.05) is 13.1 Å². The molecule has 1 aromatic rings. The van der Waals surface area contributed by atoms with Crippen LogP contribution in [0.25, 0.3) is 0 Å². The van der Waals surface area contributed by atoms with Crippen LogP contribution in [0.15, 0.2) is 6.33 Å². The summed E-state index contributed by atoms with van der Waals surface area (Å²) < 4.78 is 1.74. The summed E-state index contributed by atoms with van der Waals surface area (Å²) in [7, 11) is 0. The molecule has 3 heterocycles. The Morgan fingerprint density at radius 3 is 2.81 bits per heavy atom. The number of imide groups is 1. The monoisotopic (exact) mass is 292 g/mol. The molecule has 0 bridgehead atoms. The highest BCUT2D eigenvalue weighted by Gasteiger charge is 2.51. The van der Waals surface area contributed by atoms with Gasteiger partial charge in [0.05, 0.1) is 6.54 Å². The van der Waals surface area contributed by atoms with Crippen LogP contribution in [0, 0.1) is 0 Å². The van der Waals surface area contributed by atoms with Gasteiger partial charge in [0.2, 0.25) is 0 Å². The van der Waals surface area contributed by atoms with Gasteiger partial charge in [-0.1, -0.05) is 6.92 Å². The van der Waals surface area contributed by atoms with Crippen molar-refractivity contribution >= 4 is 11.9 Å². The van der Waals surface area contributed by atoms with Gasteiger partial charge in [-0.2, -0.15) is 5.10 Å². The van der Waals surface area contributed by atoms with E-state index >= 15 is 0 Å². The van der Waals surface area contributed by atoms with Crippen LogP contribution in [-0.2, 0) is 17.9 Å². The van der Waals surface area contributed by atoms with E-state index < -0.39 is 5.54 Å². The number of aromatic nitrogens is 3. The predicted molar refractivity (Wildman–Crippen MR) is 74.2 cm³/mol. The maximum Gasteiger partial charge on any atom is 0.325 e. The minimum absolute atomic E-state index is 0.139. The fourth-order valence-electron chi connectivity index (χ4n) is 2.96. The van der Waals surface area contributed by atoms with E-state index in [2.05, 4.69) is 20.7 Å². The lowest BCUT2D eigenvalue weighted by molar-refractivity contribution is -0.132. The Balaban J connectivity index is 1.78. The van der Waals surface area contributed by atoms with Crippen molar-refractivity contribution in [1.29, 1.82) is 0 Å². The molecule has 0 unspecified atom stereocenters. The van der Waals surface area contributed by atoms with Crippen LogP contribution < -0.4 is 10.6 Å². The van der Waals surface area contributed by atoms with Crippen molar-refractivity contribution in [2.45, 2.75) is 44.8 Å². The van der Waals surface area contributed by atoms with Crippen LogP contribution in [0.3, 0.4) is 0 Å². The summed E-state index contributed by atoms with van der Waals surface area (Å²) in [6.45, 7) is 4.44. The zero-order chi connectivity index (χ0) is 14.9. The third kappa shape index (κ3) is 2.39. The molecule has 3 rings (SSSR count). The highest BCUT2D eigenvalue weighted by molar-refractivity contribution is 6.07. The number of nitrogens with zero attached hydrogens (tertiary/aromatic N) is 4. The molecule has 8 nitrogen and oxygen atoms in total. The topological polar surface area (TPSA) is 92.2 Å². The summed E-state index contributed by atoms with van der Waals surface area (Å²) in [5.41, 5.74) is -0.724. The molecule has 0 aromatic carbocycles. The van der Waals surface area contributed by atoms with Gasteiger partial charge in [-0.3, -0.25) is 9.69 Å². The highest BCUT2D eigenvalue weighted by Crippen LogP contribution is 2.27. The molecular formula is C13H20N6O2. The zero-order valence-corrected chi connectivity index (χ0v) is 12.1. The normalized spacial score (nSPS) is 21.1. The second-order valence-electron chi connectivity index (χ2n) is 5.55. The zero-order valence-electron chi connectivity index (χ0n) is 12.1. The Kier molecular flexibility index (Phi) is 3.62. The number of urea groups is 1. The lowest BCUT2D eigenvalue weighted by Crippen LogP contribution is -2.53. The molecule has 2 saturated heterocycles. The van der Waals surface area contributed by atoms with Crippen LogP contribution in [0.5, 0.6) is 0 Å². The van der Waals surface area contributed by atoms with Crippen LogP contribution in [0.2, 0.25) is 0 Å². The van der Waals surface area contributed by atoms with E-state index in [1.807, 2.05) is 6.92 Å². The number of hydrogen-bond donors (Lipinski definition) is 2. The fourth-order valence-corrected chi connectivity index (χ4v) is 2.96. The number of nitrogens with one attached hydrogen (secondary N) is 2. The second-order valence-corrected chi connectivity index (χ2v) is 5.55. The van der Waals surface area contributed by atoms with Crippen molar-refractivity contribution in [2.24, 2.45) is 0 Å². The first-order chi connectivity index (χ1) is 10.2. The van der Waals surface area contributed by atoms with Crippen LogP contribution >= 0.6 is 0 Å². The number of amides is 3. The summed E-state index contributed by atoms with van der Waals surface area (Å²) in [5, 5.41) is 10.2. The van der Waals surface area contributed by atoms with Gasteiger partial charge >= 0.3 is 6.03 Å². The van der Waals surface area contributed by atoms with Crippen molar-refractivity contribution in [3.63, 3.8) is 0 Å². The summed E-state index contributed by atoms with van der Waals surface area (Å²) in [6.07, 6.45) is 3.65. The quantitative estimate of drug-likeness (QED) is 0.754. The van der Waals surface area contributed by atoms with E-state index in [0.717, 1.165) is 26.1 Å². The molecule has 0 aliphatic carbocycles. The lowest BCUT2D eigenvalue weighted by atomic mass is 9.88. The SMILES string of the molecule is CCCn1ncnc1CN1C(=O)NC2(CCNCC2)C1=O. The average molecular weight is 292 g/mol. The first kappa shape index (κ1) is 14.0. The van der Waals surface area contributed by atoms with Gasteiger partial charge in [0, 0.05) is 6.54 Å². The smallest absolute Gasteiger partial charge is 0.323 e. The van der Waals surface area contributed by atoms with E-state index in [-0.39, 0.29) is 18.5 Å². The van der Waals surface area contributed by atoms with Crippen molar-refractivity contribution in [1.82, 2.24) is 30.3 Å². The minimum Gasteiger partial charge on any atom is -0.323 e. The Bertz CT molecular complexity index is 549. The van der Waals surface area contributed by atoms with Gasteiger partial charge in [-0.25, -0.2) is 14.5 Å². The molecule has 0 atom stereocenters. The Hall–Kier alpha value is -1.96. The summed E-state index contributed by atoms with van der Waals surface area (Å²) in [5.74, 6) is 0.506. The van der Waals surface area contributed by atoms with Crippen molar-refractivity contribution in [3.8, 4) is 0 Å². The van der Waals surface area contributed by atoms with Crippen LogP contribution in [0.1, 0.15) is 32.0 Å². The standard InChI is InChI=1S/C13H20N6O2/c1-2-7-19-10(15-9-16-19)8-18-11(20)13(17-12(18)21)3-5-14-6-4-13/h9,14H,2-8H2,1H3,(H,17,21). The number of carbonyl (C=O) groups is 2. The Morgan fingerprint density at radius 2 is 2.10 bits per heavy atom. The second kappa shape index (κ2) is 5.44. The van der Waals surface area contributed by atoms with Crippen LogP contribution in [0.4, 0.5) is 4.79 Å². The van der Waals surface area contributed by atoms with Gasteiger partial charge in [0.25, 0.3) is 5.91 Å². The molecular weight excluding hydrogens is 272 g/mol. The van der Waals surface area contributed by atoms with E-state index in [1.165, 1.54) is 11.2 Å². The predicted octanol–water partition coefficient (Wildman–Crippen LogP) is -0.138. The molecule has 2 fully saturated rings. The summed E-state index contributed by atoms with van der Waals surface area (Å²) in [6, 6.07) is -0.326. The third-order valence-corrected chi connectivity index (χ3v) is 4.13. The molecule has 2 aliphatic rings. The van der Waals surface area contributed by atoms with Gasteiger partial charge < -0.3 is 10.6 Å². The molecule has 2 aliphatic heterocycles.